The van der Waals surface area contributed by atoms with Crippen LogP contribution in [0.2, 0.25) is 0 Å². The van der Waals surface area contributed by atoms with Crippen LogP contribution in [0.3, 0.4) is 0 Å². The molecule has 0 aromatic rings. The lowest BCUT2D eigenvalue weighted by Gasteiger charge is -2.17. The molecule has 0 aliphatic carbocycles. The van der Waals surface area contributed by atoms with E-state index in [0.717, 1.165) is 0 Å². The summed E-state index contributed by atoms with van der Waals surface area (Å²) in [5.74, 6) is 0. The van der Waals surface area contributed by atoms with Crippen LogP contribution in [-0.2, 0) is 0 Å². The molecule has 0 unspecified atom stereocenters. The smallest absolute Gasteiger partial charge is 0.00487 e. The minimum atomic E-state index is 0.505. The highest BCUT2D eigenvalue weighted by Crippen LogP contribution is 2.19. The van der Waals surface area contributed by atoms with E-state index < -0.39 is 0 Å². The topological polar surface area (TPSA) is 12.0 Å². The second kappa shape index (κ2) is 7.37. The van der Waals surface area contributed by atoms with E-state index in [1.165, 1.54) is 45.2 Å². The van der Waals surface area contributed by atoms with Crippen molar-refractivity contribution >= 4 is 0 Å². The Hall–Kier alpha value is -0.0400. The lowest BCUT2D eigenvalue weighted by molar-refractivity contribution is 0.361. The summed E-state index contributed by atoms with van der Waals surface area (Å²) in [6.45, 7) is 11.6. The third-order valence-electron chi connectivity index (χ3n) is 2.24. The van der Waals surface area contributed by atoms with E-state index in [4.69, 9.17) is 0 Å². The molecule has 0 aromatic heterocycles. The van der Waals surface area contributed by atoms with Crippen molar-refractivity contribution in [2.75, 3.05) is 13.1 Å². The van der Waals surface area contributed by atoms with Gasteiger partial charge in [0.25, 0.3) is 0 Å². The molecule has 80 valence electrons. The largest absolute Gasteiger partial charge is 0.317 e. The molecule has 0 aliphatic rings. The molecule has 0 spiro atoms. The Morgan fingerprint density at radius 1 is 0.923 bits per heavy atom. The minimum absolute atomic E-state index is 0.505. The molecular weight excluding hydrogens is 158 g/mol. The van der Waals surface area contributed by atoms with Gasteiger partial charge in [-0.05, 0) is 37.8 Å². The van der Waals surface area contributed by atoms with Gasteiger partial charge in [0.05, 0.1) is 0 Å². The van der Waals surface area contributed by atoms with E-state index in [2.05, 4.69) is 33.0 Å². The van der Waals surface area contributed by atoms with Crippen LogP contribution in [0.4, 0.5) is 0 Å². The standard InChI is InChI=1S/C12H27N/c1-5-6-7-10-13-11-8-9-12(2,3)4/h13H,5-11H2,1-4H3. The van der Waals surface area contributed by atoms with Crippen LogP contribution in [0.5, 0.6) is 0 Å². The molecule has 0 aromatic carbocycles. The normalized spacial score (nSPS) is 12.0. The van der Waals surface area contributed by atoms with Crippen molar-refractivity contribution in [3.05, 3.63) is 0 Å². The second-order valence-corrected chi connectivity index (χ2v) is 5.12. The molecule has 1 heteroatoms. The van der Waals surface area contributed by atoms with E-state index >= 15 is 0 Å². The summed E-state index contributed by atoms with van der Waals surface area (Å²) in [4.78, 5) is 0. The molecule has 1 nitrogen and oxygen atoms in total. The van der Waals surface area contributed by atoms with Crippen LogP contribution in [0.25, 0.3) is 0 Å². The summed E-state index contributed by atoms with van der Waals surface area (Å²) in [6.07, 6.45) is 6.67. The van der Waals surface area contributed by atoms with Crippen LogP contribution in [-0.4, -0.2) is 13.1 Å². The quantitative estimate of drug-likeness (QED) is 0.598. The highest BCUT2D eigenvalue weighted by Gasteiger charge is 2.08. The van der Waals surface area contributed by atoms with Crippen LogP contribution < -0.4 is 5.32 Å². The van der Waals surface area contributed by atoms with Gasteiger partial charge < -0.3 is 5.32 Å². The highest BCUT2D eigenvalue weighted by atomic mass is 14.8. The maximum absolute atomic E-state index is 3.49. The van der Waals surface area contributed by atoms with Gasteiger partial charge in [0.15, 0.2) is 0 Å². The van der Waals surface area contributed by atoms with Crippen molar-refractivity contribution in [2.45, 2.75) is 59.8 Å². The van der Waals surface area contributed by atoms with Crippen molar-refractivity contribution in [1.82, 2.24) is 5.32 Å². The summed E-state index contributed by atoms with van der Waals surface area (Å²) in [7, 11) is 0. The molecule has 0 fully saturated rings. The Balaban J connectivity index is 3.00. The molecule has 0 amide bonds. The molecule has 0 rings (SSSR count). The van der Waals surface area contributed by atoms with E-state index in [1.807, 2.05) is 0 Å². The fourth-order valence-corrected chi connectivity index (χ4v) is 1.37. The first-order valence-electron chi connectivity index (χ1n) is 5.77. The Kier molecular flexibility index (Phi) is 7.35. The molecule has 1 N–H and O–H groups in total. The van der Waals surface area contributed by atoms with Gasteiger partial charge in [0.2, 0.25) is 0 Å². The predicted octanol–water partition coefficient (Wildman–Crippen LogP) is 3.59. The molecule has 0 saturated heterocycles. The maximum Gasteiger partial charge on any atom is -0.00487 e. The number of rotatable bonds is 7. The fraction of sp³-hybridized carbons (Fsp3) is 1.00. The number of hydrogen-bond donors (Lipinski definition) is 1. The lowest BCUT2D eigenvalue weighted by Crippen LogP contribution is -2.18. The van der Waals surface area contributed by atoms with Gasteiger partial charge in [-0.25, -0.2) is 0 Å². The average Bonchev–Trinajstić information content (AvgIpc) is 2.01. The molecule has 0 heterocycles. The van der Waals surface area contributed by atoms with Crippen molar-refractivity contribution in [1.29, 1.82) is 0 Å². The summed E-state index contributed by atoms with van der Waals surface area (Å²) >= 11 is 0. The molecule has 0 bridgehead atoms. The Labute approximate surface area is 84.3 Å². The zero-order valence-corrected chi connectivity index (χ0v) is 9.95. The van der Waals surface area contributed by atoms with Gasteiger partial charge in [0.1, 0.15) is 0 Å². The Morgan fingerprint density at radius 3 is 2.08 bits per heavy atom. The fourth-order valence-electron chi connectivity index (χ4n) is 1.37. The van der Waals surface area contributed by atoms with Gasteiger partial charge in [-0.1, -0.05) is 40.5 Å². The molecule has 0 radical (unpaired) electrons. The molecule has 0 atom stereocenters. The zero-order chi connectivity index (χ0) is 10.2. The molecule has 0 aliphatic heterocycles. The first-order chi connectivity index (χ1) is 6.06. The highest BCUT2D eigenvalue weighted by molar-refractivity contribution is 4.62. The van der Waals surface area contributed by atoms with E-state index in [-0.39, 0.29) is 0 Å². The maximum atomic E-state index is 3.49. The Morgan fingerprint density at radius 2 is 1.54 bits per heavy atom. The Bertz CT molecular complexity index is 102. The van der Waals surface area contributed by atoms with E-state index in [1.54, 1.807) is 0 Å². The van der Waals surface area contributed by atoms with Gasteiger partial charge in [-0.3, -0.25) is 0 Å². The SMILES string of the molecule is CCCCCNCCCC(C)(C)C. The van der Waals surface area contributed by atoms with Crippen LogP contribution in [0.15, 0.2) is 0 Å². The van der Waals surface area contributed by atoms with Crippen LogP contribution in [0, 0.1) is 5.41 Å². The molecular formula is C12H27N. The third-order valence-corrected chi connectivity index (χ3v) is 2.24. The van der Waals surface area contributed by atoms with Crippen LogP contribution >= 0.6 is 0 Å². The monoisotopic (exact) mass is 185 g/mol. The van der Waals surface area contributed by atoms with Gasteiger partial charge in [0, 0.05) is 0 Å². The number of nitrogens with one attached hydrogen (secondary N) is 1. The van der Waals surface area contributed by atoms with Crippen LogP contribution in [0.1, 0.15) is 59.8 Å². The van der Waals surface area contributed by atoms with Gasteiger partial charge in [-0.15, -0.1) is 0 Å². The van der Waals surface area contributed by atoms with Gasteiger partial charge >= 0.3 is 0 Å². The minimum Gasteiger partial charge on any atom is -0.317 e. The van der Waals surface area contributed by atoms with Crippen molar-refractivity contribution in [3.8, 4) is 0 Å². The third kappa shape index (κ3) is 12.0. The summed E-state index contributed by atoms with van der Waals surface area (Å²) in [6, 6.07) is 0. The summed E-state index contributed by atoms with van der Waals surface area (Å²) in [5.41, 5.74) is 0.505. The van der Waals surface area contributed by atoms with E-state index in [9.17, 15) is 0 Å². The first kappa shape index (κ1) is 13.0. The van der Waals surface area contributed by atoms with Crippen molar-refractivity contribution in [2.24, 2.45) is 5.41 Å². The zero-order valence-electron chi connectivity index (χ0n) is 9.95. The predicted molar refractivity (Wildman–Crippen MR) is 61.1 cm³/mol. The van der Waals surface area contributed by atoms with Crippen molar-refractivity contribution in [3.63, 3.8) is 0 Å². The van der Waals surface area contributed by atoms with E-state index in [0.29, 0.717) is 5.41 Å². The average molecular weight is 185 g/mol. The number of hydrogen-bond acceptors (Lipinski definition) is 1. The summed E-state index contributed by atoms with van der Waals surface area (Å²) < 4.78 is 0. The molecule has 13 heavy (non-hydrogen) atoms. The second-order valence-electron chi connectivity index (χ2n) is 5.12. The lowest BCUT2D eigenvalue weighted by atomic mass is 9.91. The first-order valence-corrected chi connectivity index (χ1v) is 5.77. The summed E-state index contributed by atoms with van der Waals surface area (Å²) in [5, 5.41) is 3.49. The number of unbranched alkanes of at least 4 members (excludes halogenated alkanes) is 2. The van der Waals surface area contributed by atoms with Gasteiger partial charge in [-0.2, -0.15) is 0 Å². The van der Waals surface area contributed by atoms with Crippen molar-refractivity contribution < 1.29 is 0 Å². The molecule has 0 saturated carbocycles.